The van der Waals surface area contributed by atoms with Gasteiger partial charge in [0.15, 0.2) is 5.78 Å². The number of ketones is 1. The van der Waals surface area contributed by atoms with Gasteiger partial charge in [-0.25, -0.2) is 4.98 Å². The van der Waals surface area contributed by atoms with Crippen molar-refractivity contribution in [1.82, 2.24) is 9.55 Å². The fourth-order valence-corrected chi connectivity index (χ4v) is 2.90. The van der Waals surface area contributed by atoms with E-state index in [0.717, 1.165) is 23.6 Å². The molecule has 0 fully saturated rings. The molecular weight excluding hydrogens is 296 g/mol. The molecule has 6 heteroatoms. The normalized spacial score (nSPS) is 11.9. The molecule has 2 heterocycles. The first kappa shape index (κ1) is 16.7. The average Bonchev–Trinajstić information content (AvgIpc) is 2.80. The topological polar surface area (TPSA) is 53.4 Å². The van der Waals surface area contributed by atoms with Gasteiger partial charge < -0.3 is 14.0 Å². The number of Topliss-reactive ketones (excluding diaryl/α,β-unsaturated/α-hetero) is 1. The summed E-state index contributed by atoms with van der Waals surface area (Å²) in [5.74, 6) is 0.287. The van der Waals surface area contributed by atoms with E-state index >= 15 is 0 Å². The van der Waals surface area contributed by atoms with Crippen LogP contribution in [0.4, 0.5) is 0 Å². The number of nitrogens with zero attached hydrogens (tertiary/aromatic N) is 2. The van der Waals surface area contributed by atoms with E-state index in [4.69, 9.17) is 9.47 Å². The number of methoxy groups -OCH3 is 1. The zero-order chi connectivity index (χ0) is 16.3. The molecule has 5 nitrogen and oxygen atoms in total. The van der Waals surface area contributed by atoms with Crippen LogP contribution in [0.2, 0.25) is 25.7 Å². The number of rotatable bonds is 7. The summed E-state index contributed by atoms with van der Waals surface area (Å²) in [5, 5.41) is 0.773. The summed E-state index contributed by atoms with van der Waals surface area (Å²) in [6.07, 6.45) is 3.42. The van der Waals surface area contributed by atoms with Crippen LogP contribution >= 0.6 is 0 Å². The molecule has 119 valence electrons. The molecule has 0 aliphatic heterocycles. The van der Waals surface area contributed by atoms with Crippen molar-refractivity contribution in [1.29, 1.82) is 0 Å². The van der Waals surface area contributed by atoms with Crippen LogP contribution in [0.3, 0.4) is 0 Å². The van der Waals surface area contributed by atoms with E-state index in [2.05, 4.69) is 31.5 Å². The molecule has 0 atom stereocenters. The van der Waals surface area contributed by atoms with E-state index in [9.17, 15) is 4.79 Å². The minimum absolute atomic E-state index is 0.224. The van der Waals surface area contributed by atoms with Crippen molar-refractivity contribution in [2.75, 3.05) is 13.7 Å². The van der Waals surface area contributed by atoms with Gasteiger partial charge in [0.05, 0.1) is 12.6 Å². The number of hydrogen-bond donors (Lipinski definition) is 0. The third-order valence-electron chi connectivity index (χ3n) is 3.48. The Hall–Kier alpha value is -1.66. The third-order valence-corrected chi connectivity index (χ3v) is 5.18. The lowest BCUT2D eigenvalue weighted by molar-refractivity contribution is 0.0899. The molecule has 2 aromatic rings. The van der Waals surface area contributed by atoms with E-state index in [-0.39, 0.29) is 5.78 Å². The lowest BCUT2D eigenvalue weighted by Crippen LogP contribution is -2.21. The first-order valence-corrected chi connectivity index (χ1v) is 11.0. The maximum absolute atomic E-state index is 11.7. The van der Waals surface area contributed by atoms with Crippen molar-refractivity contribution in [2.24, 2.45) is 0 Å². The summed E-state index contributed by atoms with van der Waals surface area (Å²) in [6, 6.07) is 2.92. The van der Waals surface area contributed by atoms with Gasteiger partial charge in [0.1, 0.15) is 6.73 Å². The Morgan fingerprint density at radius 3 is 2.73 bits per heavy atom. The Morgan fingerprint density at radius 2 is 2.14 bits per heavy atom. The molecule has 0 saturated heterocycles. The largest absolute Gasteiger partial charge is 0.481 e. The Labute approximate surface area is 132 Å². The standard InChI is InChI=1S/C16H23N2O3Si/c1-12(19)14-10-18(11-21-6-7-22(3,4)5)15-8-16(20-2)17-9-13(14)15/h8-10H,1,6-7,11H2,2-5H3. The van der Waals surface area contributed by atoms with E-state index in [1.807, 2.05) is 10.6 Å². The van der Waals surface area contributed by atoms with E-state index in [0.29, 0.717) is 18.2 Å². The Bertz CT molecular complexity index is 674. The van der Waals surface area contributed by atoms with Crippen molar-refractivity contribution in [3.05, 3.63) is 30.9 Å². The number of hydrogen-bond acceptors (Lipinski definition) is 4. The lowest BCUT2D eigenvalue weighted by Gasteiger charge is -2.15. The maximum atomic E-state index is 11.7. The molecule has 22 heavy (non-hydrogen) atoms. The van der Waals surface area contributed by atoms with Crippen LogP contribution < -0.4 is 4.74 Å². The van der Waals surface area contributed by atoms with Crippen molar-refractivity contribution in [3.63, 3.8) is 0 Å². The van der Waals surface area contributed by atoms with Gasteiger partial charge in [-0.2, -0.15) is 0 Å². The van der Waals surface area contributed by atoms with Gasteiger partial charge in [-0.3, -0.25) is 4.79 Å². The molecule has 1 radical (unpaired) electrons. The van der Waals surface area contributed by atoms with Gasteiger partial charge in [0.25, 0.3) is 0 Å². The Kier molecular flexibility index (Phi) is 5.03. The summed E-state index contributed by atoms with van der Waals surface area (Å²) in [7, 11) is 0.464. The molecule has 0 spiro atoms. The molecule has 0 N–H and O–H groups in total. The molecule has 0 aliphatic carbocycles. The number of pyridine rings is 1. The van der Waals surface area contributed by atoms with Crippen LogP contribution in [0.15, 0.2) is 18.5 Å². The second-order valence-corrected chi connectivity index (χ2v) is 12.1. The lowest BCUT2D eigenvalue weighted by atomic mass is 10.1. The zero-order valence-electron chi connectivity index (χ0n) is 13.7. The van der Waals surface area contributed by atoms with Crippen molar-refractivity contribution in [2.45, 2.75) is 32.4 Å². The molecule has 2 rings (SSSR count). The number of carbonyl (C=O) groups excluding carboxylic acids is 1. The first-order chi connectivity index (χ1) is 10.3. The number of fused-ring (bicyclic) bond motifs is 1. The van der Waals surface area contributed by atoms with Gasteiger partial charge in [-0.05, 0) is 6.04 Å². The van der Waals surface area contributed by atoms with Crippen molar-refractivity contribution < 1.29 is 14.3 Å². The van der Waals surface area contributed by atoms with Crippen LogP contribution in [-0.4, -0.2) is 37.1 Å². The van der Waals surface area contributed by atoms with E-state index in [1.165, 1.54) is 0 Å². The predicted octanol–water partition coefficient (Wildman–Crippen LogP) is 3.37. The molecule has 0 aromatic carbocycles. The summed E-state index contributed by atoms with van der Waals surface area (Å²) < 4.78 is 12.8. The molecule has 0 bridgehead atoms. The second-order valence-electron chi connectivity index (χ2n) is 6.53. The van der Waals surface area contributed by atoms with Gasteiger partial charge in [-0.15, -0.1) is 0 Å². The first-order valence-electron chi connectivity index (χ1n) is 7.29. The predicted molar refractivity (Wildman–Crippen MR) is 90.1 cm³/mol. The smallest absolute Gasteiger partial charge is 0.215 e. The molecular formula is C16H23N2O3Si. The summed E-state index contributed by atoms with van der Waals surface area (Å²) in [4.78, 5) is 15.8. The number of ether oxygens (including phenoxy) is 2. The van der Waals surface area contributed by atoms with Gasteiger partial charge >= 0.3 is 0 Å². The van der Waals surface area contributed by atoms with Gasteiger partial charge in [0, 0.05) is 51.0 Å². The van der Waals surface area contributed by atoms with Crippen LogP contribution in [0.25, 0.3) is 10.9 Å². The fourth-order valence-electron chi connectivity index (χ4n) is 2.15. The highest BCUT2D eigenvalue weighted by atomic mass is 28.3. The van der Waals surface area contributed by atoms with Gasteiger partial charge in [0.2, 0.25) is 5.88 Å². The van der Waals surface area contributed by atoms with Crippen molar-refractivity contribution in [3.8, 4) is 5.88 Å². The summed E-state index contributed by atoms with van der Waals surface area (Å²) in [6.45, 7) is 11.6. The number of aromatic nitrogens is 2. The molecule has 0 saturated carbocycles. The van der Waals surface area contributed by atoms with Crippen LogP contribution in [0.1, 0.15) is 10.4 Å². The third kappa shape index (κ3) is 3.95. The van der Waals surface area contributed by atoms with Crippen molar-refractivity contribution >= 4 is 24.8 Å². The Balaban J connectivity index is 2.22. The quantitative estimate of drug-likeness (QED) is 0.446. The second kappa shape index (κ2) is 6.62. The minimum Gasteiger partial charge on any atom is -0.481 e. The van der Waals surface area contributed by atoms with Crippen LogP contribution in [-0.2, 0) is 11.5 Å². The molecule has 2 aromatic heterocycles. The van der Waals surface area contributed by atoms with Gasteiger partial charge in [-0.1, -0.05) is 19.6 Å². The average molecular weight is 319 g/mol. The fraction of sp³-hybridized carbons (Fsp3) is 0.438. The highest BCUT2D eigenvalue weighted by molar-refractivity contribution is 6.76. The number of carbonyl (C=O) groups is 1. The Morgan fingerprint density at radius 1 is 1.41 bits per heavy atom. The van der Waals surface area contributed by atoms with E-state index in [1.54, 1.807) is 19.5 Å². The maximum Gasteiger partial charge on any atom is 0.215 e. The SMILES string of the molecule is [CH2]C(=O)c1cn(COCC[Si](C)(C)C)c2cc(OC)ncc12. The van der Waals surface area contributed by atoms with Crippen LogP contribution in [0, 0.1) is 6.92 Å². The monoisotopic (exact) mass is 319 g/mol. The molecule has 0 amide bonds. The summed E-state index contributed by atoms with van der Waals surface area (Å²) in [5.41, 5.74) is 1.42. The molecule has 0 unspecified atom stereocenters. The zero-order valence-corrected chi connectivity index (χ0v) is 14.7. The minimum atomic E-state index is -1.10. The highest BCUT2D eigenvalue weighted by Crippen LogP contribution is 2.24. The van der Waals surface area contributed by atoms with E-state index < -0.39 is 8.07 Å². The highest BCUT2D eigenvalue weighted by Gasteiger charge is 2.15. The summed E-state index contributed by atoms with van der Waals surface area (Å²) >= 11 is 0. The van der Waals surface area contributed by atoms with Crippen LogP contribution in [0.5, 0.6) is 5.88 Å². The molecule has 0 aliphatic rings.